The molecule has 0 saturated carbocycles. The van der Waals surface area contributed by atoms with Crippen molar-refractivity contribution >= 4 is 21.9 Å². The first kappa shape index (κ1) is 19.9. The molecule has 164 valence electrons. The van der Waals surface area contributed by atoms with Crippen molar-refractivity contribution in [3.8, 4) is 28.3 Å². The van der Waals surface area contributed by atoms with Gasteiger partial charge in [-0.1, -0.05) is 36.4 Å². The maximum absolute atomic E-state index is 5.37. The van der Waals surface area contributed by atoms with E-state index in [9.17, 15) is 0 Å². The van der Waals surface area contributed by atoms with Gasteiger partial charge in [0.25, 0.3) is 0 Å². The van der Waals surface area contributed by atoms with E-state index < -0.39 is 0 Å². The van der Waals surface area contributed by atoms with Gasteiger partial charge in [0.2, 0.25) is 0 Å². The van der Waals surface area contributed by atoms with Crippen LogP contribution in [0.4, 0.5) is 0 Å². The van der Waals surface area contributed by atoms with Gasteiger partial charge >= 0.3 is 0 Å². The number of ether oxygens (including phenoxy) is 1. The standard InChI is InChI=1S/C28H26N4O/c1-33-24-10-8-20(9-11-24)27-31-26-25(22-7-6-19-4-2-3-5-21(19)18-22)14-17-30-28(26)32(27)23-12-15-29-16-13-23/h2-11,14,17-18,23,29H,12-13,15-16H2,1H3. The van der Waals surface area contributed by atoms with E-state index in [0.29, 0.717) is 6.04 Å². The molecule has 2 aromatic heterocycles. The van der Waals surface area contributed by atoms with Crippen molar-refractivity contribution in [2.24, 2.45) is 0 Å². The number of piperidine rings is 1. The van der Waals surface area contributed by atoms with E-state index in [0.717, 1.165) is 65.4 Å². The van der Waals surface area contributed by atoms with E-state index in [-0.39, 0.29) is 0 Å². The number of fused-ring (bicyclic) bond motifs is 2. The van der Waals surface area contributed by atoms with Crippen LogP contribution in [0.3, 0.4) is 0 Å². The van der Waals surface area contributed by atoms with Gasteiger partial charge in [-0.05, 0) is 78.7 Å². The van der Waals surface area contributed by atoms with Crippen molar-refractivity contribution in [3.63, 3.8) is 0 Å². The molecule has 1 N–H and O–H groups in total. The smallest absolute Gasteiger partial charge is 0.161 e. The molecule has 5 nitrogen and oxygen atoms in total. The van der Waals surface area contributed by atoms with Gasteiger partial charge in [-0.25, -0.2) is 9.97 Å². The minimum absolute atomic E-state index is 0.368. The van der Waals surface area contributed by atoms with Crippen LogP contribution in [0.25, 0.3) is 44.5 Å². The minimum Gasteiger partial charge on any atom is -0.497 e. The molecule has 0 spiro atoms. The van der Waals surface area contributed by atoms with E-state index in [2.05, 4.69) is 70.5 Å². The summed E-state index contributed by atoms with van der Waals surface area (Å²) in [5.41, 5.74) is 5.28. The van der Waals surface area contributed by atoms with Crippen LogP contribution in [0.15, 0.2) is 79.0 Å². The number of imidazole rings is 1. The topological polar surface area (TPSA) is 52.0 Å². The number of nitrogens with one attached hydrogen (secondary N) is 1. The molecule has 1 fully saturated rings. The highest BCUT2D eigenvalue weighted by Gasteiger charge is 2.24. The number of rotatable bonds is 4. The molecule has 0 unspecified atom stereocenters. The minimum atomic E-state index is 0.368. The summed E-state index contributed by atoms with van der Waals surface area (Å²) in [7, 11) is 1.69. The molecular weight excluding hydrogens is 408 g/mol. The Hall–Kier alpha value is -3.70. The Morgan fingerprint density at radius 2 is 1.64 bits per heavy atom. The number of hydrogen-bond acceptors (Lipinski definition) is 4. The van der Waals surface area contributed by atoms with Gasteiger partial charge in [-0.15, -0.1) is 0 Å². The van der Waals surface area contributed by atoms with Gasteiger partial charge in [-0.3, -0.25) is 0 Å². The first-order valence-corrected chi connectivity index (χ1v) is 11.5. The lowest BCUT2D eigenvalue weighted by atomic mass is 10.0. The molecule has 5 heteroatoms. The Morgan fingerprint density at radius 3 is 2.42 bits per heavy atom. The van der Waals surface area contributed by atoms with E-state index in [1.54, 1.807) is 7.11 Å². The summed E-state index contributed by atoms with van der Waals surface area (Å²) >= 11 is 0. The van der Waals surface area contributed by atoms with Crippen molar-refractivity contribution in [1.29, 1.82) is 0 Å². The molecule has 0 radical (unpaired) electrons. The van der Waals surface area contributed by atoms with Gasteiger partial charge in [0.05, 0.1) is 7.11 Å². The van der Waals surface area contributed by atoms with Crippen LogP contribution < -0.4 is 10.1 Å². The molecule has 6 rings (SSSR count). The molecule has 0 atom stereocenters. The van der Waals surface area contributed by atoms with E-state index in [1.165, 1.54) is 10.8 Å². The summed E-state index contributed by atoms with van der Waals surface area (Å²) in [6.07, 6.45) is 4.05. The molecule has 3 heterocycles. The lowest BCUT2D eigenvalue weighted by Crippen LogP contribution is -2.29. The fraction of sp³-hybridized carbons (Fsp3) is 0.214. The van der Waals surface area contributed by atoms with Gasteiger partial charge < -0.3 is 14.6 Å². The van der Waals surface area contributed by atoms with Crippen LogP contribution in [0, 0.1) is 0 Å². The monoisotopic (exact) mass is 434 g/mol. The number of methoxy groups -OCH3 is 1. The second-order valence-electron chi connectivity index (χ2n) is 8.61. The maximum Gasteiger partial charge on any atom is 0.161 e. The van der Waals surface area contributed by atoms with Crippen LogP contribution in [-0.2, 0) is 0 Å². The Bertz CT molecular complexity index is 1430. The summed E-state index contributed by atoms with van der Waals surface area (Å²) in [6, 6.07) is 25.7. The fourth-order valence-corrected chi connectivity index (χ4v) is 4.93. The molecule has 3 aromatic carbocycles. The van der Waals surface area contributed by atoms with Gasteiger partial charge in [0.15, 0.2) is 5.65 Å². The maximum atomic E-state index is 5.37. The third-order valence-electron chi connectivity index (χ3n) is 6.66. The van der Waals surface area contributed by atoms with Crippen molar-refractivity contribution in [2.45, 2.75) is 18.9 Å². The number of benzene rings is 3. The largest absolute Gasteiger partial charge is 0.497 e. The van der Waals surface area contributed by atoms with Gasteiger partial charge in [-0.2, -0.15) is 0 Å². The molecule has 1 saturated heterocycles. The first-order valence-electron chi connectivity index (χ1n) is 11.5. The predicted molar refractivity (Wildman–Crippen MR) is 134 cm³/mol. The Morgan fingerprint density at radius 1 is 0.879 bits per heavy atom. The van der Waals surface area contributed by atoms with Crippen LogP contribution in [0.5, 0.6) is 5.75 Å². The van der Waals surface area contributed by atoms with Crippen LogP contribution >= 0.6 is 0 Å². The molecular formula is C28H26N4O. The van der Waals surface area contributed by atoms with Crippen molar-refractivity contribution in [2.75, 3.05) is 20.2 Å². The Balaban J connectivity index is 1.57. The van der Waals surface area contributed by atoms with Crippen molar-refractivity contribution < 1.29 is 4.74 Å². The zero-order valence-electron chi connectivity index (χ0n) is 18.7. The molecule has 33 heavy (non-hydrogen) atoms. The van der Waals surface area contributed by atoms with Crippen molar-refractivity contribution in [1.82, 2.24) is 19.9 Å². The first-order chi connectivity index (χ1) is 16.3. The lowest BCUT2D eigenvalue weighted by molar-refractivity contribution is 0.376. The average molecular weight is 435 g/mol. The van der Waals surface area contributed by atoms with E-state index in [1.807, 2.05) is 18.3 Å². The molecule has 0 amide bonds. The molecule has 0 bridgehead atoms. The average Bonchev–Trinajstić information content (AvgIpc) is 3.29. The molecule has 1 aliphatic heterocycles. The highest BCUT2D eigenvalue weighted by molar-refractivity contribution is 5.95. The zero-order chi connectivity index (χ0) is 22.2. The summed E-state index contributed by atoms with van der Waals surface area (Å²) in [5.74, 6) is 1.82. The zero-order valence-corrected chi connectivity index (χ0v) is 18.7. The third kappa shape index (κ3) is 3.55. The Kier molecular flexibility index (Phi) is 5.04. The quantitative estimate of drug-likeness (QED) is 0.385. The van der Waals surface area contributed by atoms with E-state index in [4.69, 9.17) is 14.7 Å². The predicted octanol–water partition coefficient (Wildman–Crippen LogP) is 5.85. The third-order valence-corrected chi connectivity index (χ3v) is 6.66. The van der Waals surface area contributed by atoms with Crippen LogP contribution in [-0.4, -0.2) is 34.7 Å². The molecule has 5 aromatic rings. The fourth-order valence-electron chi connectivity index (χ4n) is 4.93. The number of hydrogen-bond donors (Lipinski definition) is 1. The van der Waals surface area contributed by atoms with Crippen LogP contribution in [0.2, 0.25) is 0 Å². The van der Waals surface area contributed by atoms with Gasteiger partial charge in [0.1, 0.15) is 17.1 Å². The summed E-state index contributed by atoms with van der Waals surface area (Å²) in [5, 5.41) is 5.95. The number of aromatic nitrogens is 3. The van der Waals surface area contributed by atoms with Crippen molar-refractivity contribution in [3.05, 3.63) is 79.0 Å². The highest BCUT2D eigenvalue weighted by Crippen LogP contribution is 2.36. The van der Waals surface area contributed by atoms with Gasteiger partial charge in [0, 0.05) is 23.4 Å². The SMILES string of the molecule is COc1ccc(-c2nc3c(-c4ccc5ccccc5c4)ccnc3n2C2CCNCC2)cc1. The summed E-state index contributed by atoms with van der Waals surface area (Å²) in [4.78, 5) is 10.0. The molecule has 0 aliphatic carbocycles. The lowest BCUT2D eigenvalue weighted by Gasteiger charge is -2.26. The van der Waals surface area contributed by atoms with E-state index >= 15 is 0 Å². The highest BCUT2D eigenvalue weighted by atomic mass is 16.5. The van der Waals surface area contributed by atoms with Crippen LogP contribution in [0.1, 0.15) is 18.9 Å². The number of pyridine rings is 1. The number of nitrogens with zero attached hydrogens (tertiary/aromatic N) is 3. The second kappa shape index (κ2) is 8.34. The normalized spacial score (nSPS) is 14.7. The molecule has 1 aliphatic rings. The second-order valence-corrected chi connectivity index (χ2v) is 8.61. The Labute approximate surface area is 193 Å². The summed E-state index contributed by atoms with van der Waals surface area (Å²) < 4.78 is 7.74. The summed E-state index contributed by atoms with van der Waals surface area (Å²) in [6.45, 7) is 2.02.